The number of aliphatic hydroxyl groups excluding tert-OH is 1. The number of carbonyl (C=O) groups is 3. The molecule has 1 saturated heterocycles. The average Bonchev–Trinajstić information content (AvgIpc) is 3.14. The van der Waals surface area contributed by atoms with E-state index in [1.54, 1.807) is 36.4 Å². The molecular formula is C28H24ClNO6. The molecule has 0 bridgehead atoms. The molecular weight excluding hydrogens is 482 g/mol. The summed E-state index contributed by atoms with van der Waals surface area (Å²) >= 11 is 6.13. The van der Waals surface area contributed by atoms with E-state index in [0.29, 0.717) is 33.1 Å². The number of amides is 1. The molecule has 3 aromatic rings. The van der Waals surface area contributed by atoms with Crippen molar-refractivity contribution in [1.29, 1.82) is 0 Å². The van der Waals surface area contributed by atoms with Crippen LogP contribution in [0.5, 0.6) is 5.75 Å². The van der Waals surface area contributed by atoms with Gasteiger partial charge in [0.25, 0.3) is 11.7 Å². The first-order valence-corrected chi connectivity index (χ1v) is 11.5. The second-order valence-corrected chi connectivity index (χ2v) is 8.70. The zero-order chi connectivity index (χ0) is 26.0. The lowest BCUT2D eigenvalue weighted by Crippen LogP contribution is -2.29. The van der Waals surface area contributed by atoms with E-state index < -0.39 is 17.7 Å². The molecule has 1 unspecified atom stereocenters. The van der Waals surface area contributed by atoms with E-state index in [1.165, 1.54) is 25.2 Å². The molecule has 8 heteroatoms. The van der Waals surface area contributed by atoms with E-state index in [1.807, 2.05) is 31.2 Å². The van der Waals surface area contributed by atoms with Crippen LogP contribution < -0.4 is 9.64 Å². The van der Waals surface area contributed by atoms with Gasteiger partial charge in [0.2, 0.25) is 0 Å². The Morgan fingerprint density at radius 2 is 1.72 bits per heavy atom. The quantitative estimate of drug-likeness (QED) is 0.219. The lowest BCUT2D eigenvalue weighted by molar-refractivity contribution is -0.139. The molecule has 3 aromatic carbocycles. The number of Topliss-reactive ketones (excluding diaryl/α,β-unsaturated/α-hetero) is 1. The number of aliphatic hydroxyl groups is 1. The van der Waals surface area contributed by atoms with Crippen molar-refractivity contribution in [3.05, 3.63) is 99.6 Å². The molecule has 1 N–H and O–H groups in total. The molecule has 1 heterocycles. The fourth-order valence-electron chi connectivity index (χ4n) is 4.26. The number of halogens is 1. The Kier molecular flexibility index (Phi) is 7.12. The standard InChI is InChI=1S/C28H24ClNO6/c1-16-6-4-5-7-20(16)25-24(26(32)18-10-13-21(29)22(15-18)35-2)27(33)28(34)30(25)19-11-8-17(9-12-19)14-23(31)36-3/h4-13,15,25,32H,14H2,1-3H3/b26-24+. The highest BCUT2D eigenvalue weighted by atomic mass is 35.5. The van der Waals surface area contributed by atoms with Crippen LogP contribution in [0.15, 0.2) is 72.3 Å². The highest BCUT2D eigenvalue weighted by Gasteiger charge is 2.47. The Bertz CT molecular complexity index is 1380. The lowest BCUT2D eigenvalue weighted by atomic mass is 9.92. The second-order valence-electron chi connectivity index (χ2n) is 8.29. The molecule has 0 aliphatic carbocycles. The molecule has 1 aliphatic rings. The minimum atomic E-state index is -0.876. The number of benzene rings is 3. The third-order valence-corrected chi connectivity index (χ3v) is 6.45. The van der Waals surface area contributed by atoms with Gasteiger partial charge in [0, 0.05) is 11.3 Å². The summed E-state index contributed by atoms with van der Waals surface area (Å²) in [7, 11) is 2.76. The lowest BCUT2D eigenvalue weighted by Gasteiger charge is -2.27. The van der Waals surface area contributed by atoms with E-state index in [-0.39, 0.29) is 23.7 Å². The fourth-order valence-corrected chi connectivity index (χ4v) is 4.46. The van der Waals surface area contributed by atoms with Crippen molar-refractivity contribution in [2.45, 2.75) is 19.4 Å². The van der Waals surface area contributed by atoms with Crippen molar-refractivity contribution < 1.29 is 29.0 Å². The van der Waals surface area contributed by atoms with Crippen LogP contribution in [-0.2, 0) is 25.5 Å². The summed E-state index contributed by atoms with van der Waals surface area (Å²) in [4.78, 5) is 39.7. The van der Waals surface area contributed by atoms with Crippen LogP contribution in [0, 0.1) is 6.92 Å². The summed E-state index contributed by atoms with van der Waals surface area (Å²) in [5, 5.41) is 11.7. The molecule has 4 rings (SSSR count). The number of anilines is 1. The third-order valence-electron chi connectivity index (χ3n) is 6.14. The van der Waals surface area contributed by atoms with Gasteiger partial charge in [-0.15, -0.1) is 0 Å². The Labute approximate surface area is 213 Å². The van der Waals surface area contributed by atoms with Crippen LogP contribution in [0.4, 0.5) is 5.69 Å². The largest absolute Gasteiger partial charge is 0.507 e. The predicted molar refractivity (Wildman–Crippen MR) is 136 cm³/mol. The Hall–Kier alpha value is -4.10. The van der Waals surface area contributed by atoms with E-state index in [4.69, 9.17) is 21.1 Å². The maximum atomic E-state index is 13.3. The van der Waals surface area contributed by atoms with Gasteiger partial charge >= 0.3 is 5.97 Å². The van der Waals surface area contributed by atoms with E-state index in [0.717, 1.165) is 5.56 Å². The van der Waals surface area contributed by atoms with E-state index in [2.05, 4.69) is 0 Å². The van der Waals surface area contributed by atoms with Gasteiger partial charge in [-0.05, 0) is 53.9 Å². The van der Waals surface area contributed by atoms with Gasteiger partial charge in [-0.3, -0.25) is 19.3 Å². The van der Waals surface area contributed by atoms with Gasteiger partial charge in [0.15, 0.2) is 0 Å². The van der Waals surface area contributed by atoms with Crippen LogP contribution in [-0.4, -0.2) is 37.0 Å². The van der Waals surface area contributed by atoms with Gasteiger partial charge < -0.3 is 14.6 Å². The van der Waals surface area contributed by atoms with Gasteiger partial charge in [0.1, 0.15) is 11.5 Å². The molecule has 1 aliphatic heterocycles. The molecule has 0 aromatic heterocycles. The zero-order valence-electron chi connectivity index (χ0n) is 19.9. The van der Waals surface area contributed by atoms with Crippen molar-refractivity contribution in [3.63, 3.8) is 0 Å². The number of hydrogen-bond acceptors (Lipinski definition) is 6. The number of rotatable bonds is 6. The normalized spacial score (nSPS) is 16.8. The van der Waals surface area contributed by atoms with Crippen LogP contribution in [0.25, 0.3) is 5.76 Å². The van der Waals surface area contributed by atoms with Crippen molar-refractivity contribution in [2.24, 2.45) is 0 Å². The van der Waals surface area contributed by atoms with Gasteiger partial charge in [-0.1, -0.05) is 48.0 Å². The van der Waals surface area contributed by atoms with Crippen LogP contribution >= 0.6 is 11.6 Å². The van der Waals surface area contributed by atoms with Gasteiger partial charge in [-0.2, -0.15) is 0 Å². The van der Waals surface area contributed by atoms with Crippen LogP contribution in [0.2, 0.25) is 5.02 Å². The van der Waals surface area contributed by atoms with Crippen molar-refractivity contribution in [1.82, 2.24) is 0 Å². The first kappa shape index (κ1) is 25.0. The molecule has 0 saturated carbocycles. The van der Waals surface area contributed by atoms with Gasteiger partial charge in [-0.25, -0.2) is 0 Å². The van der Waals surface area contributed by atoms with Crippen molar-refractivity contribution >= 4 is 40.7 Å². The number of aryl methyl sites for hydroxylation is 1. The monoisotopic (exact) mass is 505 g/mol. The Morgan fingerprint density at radius 3 is 2.36 bits per heavy atom. The molecule has 1 fully saturated rings. The summed E-state index contributed by atoms with van der Waals surface area (Å²) in [5.74, 6) is -1.98. The van der Waals surface area contributed by atoms with E-state index in [9.17, 15) is 19.5 Å². The molecule has 36 heavy (non-hydrogen) atoms. The van der Waals surface area contributed by atoms with Gasteiger partial charge in [0.05, 0.1) is 37.3 Å². The Balaban J connectivity index is 1.88. The maximum absolute atomic E-state index is 13.3. The van der Waals surface area contributed by atoms with Crippen molar-refractivity contribution in [2.75, 3.05) is 19.1 Å². The molecule has 7 nitrogen and oxygen atoms in total. The molecule has 0 radical (unpaired) electrons. The van der Waals surface area contributed by atoms with Crippen molar-refractivity contribution in [3.8, 4) is 5.75 Å². The number of carbonyl (C=O) groups excluding carboxylic acids is 3. The SMILES string of the molecule is COC(=O)Cc1ccc(N2C(=O)C(=O)/C(=C(/O)c3ccc(Cl)c(OC)c3)C2c2ccccc2C)cc1. The van der Waals surface area contributed by atoms with Crippen LogP contribution in [0.3, 0.4) is 0 Å². The zero-order valence-corrected chi connectivity index (χ0v) is 20.7. The maximum Gasteiger partial charge on any atom is 0.309 e. The minimum Gasteiger partial charge on any atom is -0.507 e. The number of esters is 1. The summed E-state index contributed by atoms with van der Waals surface area (Å²) < 4.78 is 9.96. The summed E-state index contributed by atoms with van der Waals surface area (Å²) in [5.41, 5.74) is 2.93. The predicted octanol–water partition coefficient (Wildman–Crippen LogP) is 5.00. The highest BCUT2D eigenvalue weighted by Crippen LogP contribution is 2.43. The molecule has 0 spiro atoms. The number of ketones is 1. The Morgan fingerprint density at radius 1 is 1.03 bits per heavy atom. The number of ether oxygens (including phenoxy) is 2. The average molecular weight is 506 g/mol. The number of methoxy groups -OCH3 is 2. The minimum absolute atomic E-state index is 0.0442. The summed E-state index contributed by atoms with van der Waals surface area (Å²) in [6.45, 7) is 1.88. The third kappa shape index (κ3) is 4.57. The van der Waals surface area contributed by atoms with E-state index >= 15 is 0 Å². The molecule has 184 valence electrons. The molecule has 1 atom stereocenters. The summed E-state index contributed by atoms with van der Waals surface area (Å²) in [6.07, 6.45) is 0.0786. The van der Waals surface area contributed by atoms with Crippen LogP contribution in [0.1, 0.15) is 28.3 Å². The number of hydrogen-bond donors (Lipinski definition) is 1. The topological polar surface area (TPSA) is 93.1 Å². The number of nitrogens with zero attached hydrogens (tertiary/aromatic N) is 1. The fraction of sp³-hybridized carbons (Fsp3) is 0.179. The smallest absolute Gasteiger partial charge is 0.309 e. The molecule has 1 amide bonds. The second kappa shape index (κ2) is 10.3. The first-order valence-electron chi connectivity index (χ1n) is 11.1. The summed E-state index contributed by atoms with van der Waals surface area (Å²) in [6, 6.07) is 17.8. The highest BCUT2D eigenvalue weighted by molar-refractivity contribution is 6.51. The first-order chi connectivity index (χ1) is 17.3.